The summed E-state index contributed by atoms with van der Waals surface area (Å²) in [5.41, 5.74) is 17.2. The molecule has 11 rings (SSSR count). The maximum absolute atomic E-state index is 6.89. The predicted molar refractivity (Wildman–Crippen MR) is 203 cm³/mol. The first kappa shape index (κ1) is 27.5. The number of aromatic nitrogens is 3. The molecule has 236 valence electrons. The zero-order chi connectivity index (χ0) is 33.1. The summed E-state index contributed by atoms with van der Waals surface area (Å²) in [5.74, 6) is 2.69. The lowest BCUT2D eigenvalue weighted by Crippen LogP contribution is -2.25. The fourth-order valence-electron chi connectivity index (χ4n) is 8.56. The normalized spacial score (nSPS) is 13.7. The minimum absolute atomic E-state index is 0.345. The molecular weight excluding hydrogens is 611 g/mol. The van der Waals surface area contributed by atoms with E-state index in [0.717, 1.165) is 50.6 Å². The van der Waals surface area contributed by atoms with Crippen molar-refractivity contribution in [2.24, 2.45) is 0 Å². The van der Waals surface area contributed by atoms with Gasteiger partial charge in [0.15, 0.2) is 0 Å². The zero-order valence-electron chi connectivity index (χ0n) is 27.7. The van der Waals surface area contributed by atoms with Gasteiger partial charge in [0.25, 0.3) is 0 Å². The van der Waals surface area contributed by atoms with Crippen molar-refractivity contribution >= 4 is 27.8 Å². The lowest BCUT2D eigenvalue weighted by molar-refractivity contribution is 0.418. The number of hydrogen-bond donors (Lipinski definition) is 0. The number of ether oxygens (including phenoxy) is 1. The maximum atomic E-state index is 6.89. The molecule has 50 heavy (non-hydrogen) atoms. The van der Waals surface area contributed by atoms with Crippen molar-refractivity contribution in [1.82, 2.24) is 14.0 Å². The van der Waals surface area contributed by atoms with Gasteiger partial charge in [0.05, 0.1) is 22.1 Å². The van der Waals surface area contributed by atoms with Gasteiger partial charge in [0.1, 0.15) is 11.5 Å². The highest BCUT2D eigenvalue weighted by Gasteiger charge is 2.37. The van der Waals surface area contributed by atoms with Crippen LogP contribution in [-0.4, -0.2) is 14.0 Å². The largest absolute Gasteiger partial charge is 0.457 e. The topological polar surface area (TPSA) is 31.5 Å². The Bertz CT molecular complexity index is 2890. The molecule has 3 heterocycles. The van der Waals surface area contributed by atoms with E-state index < -0.39 is 0 Å². The van der Waals surface area contributed by atoms with Crippen molar-refractivity contribution in [2.75, 3.05) is 0 Å². The number of hydrogen-bond acceptors (Lipinski definition) is 2. The third-order valence-corrected chi connectivity index (χ3v) is 11.0. The van der Waals surface area contributed by atoms with Crippen molar-refractivity contribution in [3.05, 3.63) is 163 Å². The Morgan fingerprint density at radius 2 is 0.960 bits per heavy atom. The SMILES string of the molecule is CC1(C)c2cc(-n3c4ccccc4n4c5ccccc5nc34)ccc2Oc2cc3c(cc21)-c1ccccc1-c1ccccc1-c1ccccc1-3. The van der Waals surface area contributed by atoms with E-state index >= 15 is 0 Å². The Balaban J connectivity index is 1.14. The van der Waals surface area contributed by atoms with Gasteiger partial charge >= 0.3 is 0 Å². The van der Waals surface area contributed by atoms with E-state index in [-0.39, 0.29) is 5.41 Å². The summed E-state index contributed by atoms with van der Waals surface area (Å²) >= 11 is 0. The molecule has 2 aromatic heterocycles. The molecule has 0 spiro atoms. The van der Waals surface area contributed by atoms with Crippen LogP contribution in [-0.2, 0) is 5.41 Å². The molecule has 0 unspecified atom stereocenters. The summed E-state index contributed by atoms with van der Waals surface area (Å²) in [5, 5.41) is 0. The maximum Gasteiger partial charge on any atom is 0.220 e. The van der Waals surface area contributed by atoms with Gasteiger partial charge in [-0.1, -0.05) is 111 Å². The van der Waals surface area contributed by atoms with Crippen LogP contribution in [0.15, 0.2) is 152 Å². The zero-order valence-corrected chi connectivity index (χ0v) is 27.7. The van der Waals surface area contributed by atoms with Gasteiger partial charge in [-0.15, -0.1) is 0 Å². The van der Waals surface area contributed by atoms with E-state index in [4.69, 9.17) is 9.72 Å². The average Bonchev–Trinajstić information content (AvgIpc) is 3.69. The lowest BCUT2D eigenvalue weighted by Gasteiger charge is -2.36. The second kappa shape index (κ2) is 9.83. The number of rotatable bonds is 1. The van der Waals surface area contributed by atoms with E-state index in [0.29, 0.717) is 0 Å². The fourth-order valence-corrected chi connectivity index (χ4v) is 8.56. The molecule has 0 saturated heterocycles. The Hall–Kier alpha value is -6.39. The molecule has 0 bridgehead atoms. The highest BCUT2D eigenvalue weighted by Crippen LogP contribution is 2.54. The average molecular weight is 642 g/mol. The second-order valence-electron chi connectivity index (χ2n) is 14.0. The van der Waals surface area contributed by atoms with Gasteiger partial charge < -0.3 is 4.74 Å². The molecule has 0 fully saturated rings. The summed E-state index contributed by atoms with van der Waals surface area (Å²) in [7, 11) is 0. The molecule has 9 aromatic rings. The van der Waals surface area contributed by atoms with Crippen LogP contribution in [0.4, 0.5) is 0 Å². The van der Waals surface area contributed by atoms with Crippen molar-refractivity contribution in [1.29, 1.82) is 0 Å². The summed E-state index contributed by atoms with van der Waals surface area (Å²) in [6.07, 6.45) is 0. The van der Waals surface area contributed by atoms with E-state index in [1.54, 1.807) is 0 Å². The van der Waals surface area contributed by atoms with Crippen LogP contribution in [0.25, 0.3) is 78.0 Å². The van der Waals surface area contributed by atoms with Gasteiger partial charge in [-0.2, -0.15) is 0 Å². The number of benzene rings is 7. The fraction of sp³-hybridized carbons (Fsp3) is 0.0652. The first-order valence-electron chi connectivity index (χ1n) is 17.2. The molecule has 4 nitrogen and oxygen atoms in total. The van der Waals surface area contributed by atoms with E-state index in [2.05, 4.69) is 174 Å². The molecule has 1 aliphatic carbocycles. The molecular formula is C46H31N3O. The van der Waals surface area contributed by atoms with E-state index in [1.165, 1.54) is 50.1 Å². The molecule has 2 aliphatic rings. The van der Waals surface area contributed by atoms with Crippen LogP contribution < -0.4 is 4.74 Å². The summed E-state index contributed by atoms with van der Waals surface area (Å²) in [6.45, 7) is 4.66. The number of imidazole rings is 2. The monoisotopic (exact) mass is 641 g/mol. The third-order valence-electron chi connectivity index (χ3n) is 11.0. The predicted octanol–water partition coefficient (Wildman–Crippen LogP) is 11.8. The summed E-state index contributed by atoms with van der Waals surface area (Å²) < 4.78 is 11.4. The Kier molecular flexibility index (Phi) is 5.42. The van der Waals surface area contributed by atoms with Gasteiger partial charge in [-0.05, 0) is 99.1 Å². The summed E-state index contributed by atoms with van der Waals surface area (Å²) in [6, 6.07) is 54.6. The van der Waals surface area contributed by atoms with Crippen LogP contribution in [0.1, 0.15) is 25.0 Å². The molecule has 0 saturated carbocycles. The van der Waals surface area contributed by atoms with Crippen molar-refractivity contribution < 1.29 is 4.74 Å². The Labute approximate surface area is 289 Å². The molecule has 7 aromatic carbocycles. The Morgan fingerprint density at radius 1 is 0.460 bits per heavy atom. The van der Waals surface area contributed by atoms with E-state index in [9.17, 15) is 0 Å². The van der Waals surface area contributed by atoms with Crippen molar-refractivity contribution in [2.45, 2.75) is 19.3 Å². The highest BCUT2D eigenvalue weighted by molar-refractivity contribution is 6.03. The van der Waals surface area contributed by atoms with Crippen LogP contribution >= 0.6 is 0 Å². The van der Waals surface area contributed by atoms with Crippen molar-refractivity contribution in [3.8, 4) is 61.7 Å². The second-order valence-corrected chi connectivity index (χ2v) is 14.0. The quantitative estimate of drug-likeness (QED) is 0.179. The number of fused-ring (bicyclic) bond motifs is 15. The standard InChI is InChI=1S/C46H31N3O/c1-46(2)37-25-28(48-41-21-11-12-22-42(41)49-40-20-10-9-19-39(40)47-45(48)49)23-24-43(37)50-44-27-36-34-18-8-6-16-32(34)30-14-4-3-13-29(30)31-15-5-7-17-33(31)35(36)26-38(44)46/h3-27H,1-2H3. The number of nitrogens with zero attached hydrogens (tertiary/aromatic N) is 3. The molecule has 0 atom stereocenters. The Morgan fingerprint density at radius 3 is 1.60 bits per heavy atom. The minimum atomic E-state index is -0.345. The van der Waals surface area contributed by atoms with Crippen LogP contribution in [0.2, 0.25) is 0 Å². The minimum Gasteiger partial charge on any atom is -0.457 e. The van der Waals surface area contributed by atoms with Gasteiger partial charge in [0, 0.05) is 22.2 Å². The van der Waals surface area contributed by atoms with E-state index in [1.807, 2.05) is 0 Å². The van der Waals surface area contributed by atoms with Crippen LogP contribution in [0.5, 0.6) is 11.5 Å². The van der Waals surface area contributed by atoms with Gasteiger partial charge in [0.2, 0.25) is 5.78 Å². The first-order valence-corrected chi connectivity index (χ1v) is 17.2. The lowest BCUT2D eigenvalue weighted by atomic mass is 9.73. The smallest absolute Gasteiger partial charge is 0.220 e. The van der Waals surface area contributed by atoms with Crippen LogP contribution in [0, 0.1) is 0 Å². The molecule has 4 heteroatoms. The molecule has 0 radical (unpaired) electrons. The third kappa shape index (κ3) is 3.62. The molecule has 0 N–H and O–H groups in total. The molecule has 1 aliphatic heterocycles. The number of para-hydroxylation sites is 4. The molecule has 0 amide bonds. The van der Waals surface area contributed by atoms with Crippen molar-refractivity contribution in [3.63, 3.8) is 0 Å². The first-order chi connectivity index (χ1) is 24.6. The van der Waals surface area contributed by atoms with Gasteiger partial charge in [-0.25, -0.2) is 4.98 Å². The highest BCUT2D eigenvalue weighted by atomic mass is 16.5. The summed E-state index contributed by atoms with van der Waals surface area (Å²) in [4.78, 5) is 5.13. The van der Waals surface area contributed by atoms with Gasteiger partial charge in [-0.3, -0.25) is 8.97 Å². The van der Waals surface area contributed by atoms with Crippen LogP contribution in [0.3, 0.4) is 0 Å².